The lowest BCUT2D eigenvalue weighted by atomic mass is 10.2. The van der Waals surface area contributed by atoms with Gasteiger partial charge in [-0.3, -0.25) is 4.79 Å². The first-order valence-electron chi connectivity index (χ1n) is 5.10. The number of hydrogen-bond acceptors (Lipinski definition) is 4. The SMILES string of the molecule is CS(=O)(=O)c1ccc(CNC(=O)CCO)cc1. The lowest BCUT2D eigenvalue weighted by Gasteiger charge is -2.05. The van der Waals surface area contributed by atoms with E-state index in [4.69, 9.17) is 5.11 Å². The molecule has 0 heterocycles. The molecule has 1 rings (SSSR count). The normalized spacial score (nSPS) is 11.2. The van der Waals surface area contributed by atoms with Crippen LogP contribution in [0.3, 0.4) is 0 Å². The van der Waals surface area contributed by atoms with Crippen molar-refractivity contribution in [3.8, 4) is 0 Å². The van der Waals surface area contributed by atoms with Gasteiger partial charge in [-0.25, -0.2) is 8.42 Å². The van der Waals surface area contributed by atoms with Crippen LogP contribution in [0.2, 0.25) is 0 Å². The van der Waals surface area contributed by atoms with Crippen molar-refractivity contribution in [1.29, 1.82) is 0 Å². The number of aliphatic hydroxyl groups excluding tert-OH is 1. The molecule has 0 bridgehead atoms. The minimum absolute atomic E-state index is 0.0709. The Balaban J connectivity index is 2.60. The Morgan fingerprint density at radius 2 is 1.88 bits per heavy atom. The van der Waals surface area contributed by atoms with E-state index in [-0.39, 0.29) is 23.8 Å². The molecule has 0 saturated heterocycles. The highest BCUT2D eigenvalue weighted by atomic mass is 32.2. The van der Waals surface area contributed by atoms with Crippen LogP contribution in [0.25, 0.3) is 0 Å². The molecular formula is C11H15NO4S. The van der Waals surface area contributed by atoms with Crippen LogP contribution in [-0.4, -0.2) is 32.3 Å². The molecule has 0 spiro atoms. The zero-order valence-electron chi connectivity index (χ0n) is 9.51. The second kappa shape index (κ2) is 5.79. The maximum atomic E-state index is 11.2. The molecule has 0 unspecified atom stereocenters. The van der Waals surface area contributed by atoms with Gasteiger partial charge in [-0.2, -0.15) is 0 Å². The van der Waals surface area contributed by atoms with Crippen LogP contribution in [-0.2, 0) is 21.2 Å². The van der Waals surface area contributed by atoms with Gasteiger partial charge in [0, 0.05) is 19.2 Å². The van der Waals surface area contributed by atoms with Crippen molar-refractivity contribution >= 4 is 15.7 Å². The van der Waals surface area contributed by atoms with Gasteiger partial charge in [-0.05, 0) is 17.7 Å². The number of amides is 1. The Morgan fingerprint density at radius 3 is 2.35 bits per heavy atom. The Labute approximate surface area is 100 Å². The first-order valence-corrected chi connectivity index (χ1v) is 6.99. The van der Waals surface area contributed by atoms with Gasteiger partial charge in [0.25, 0.3) is 0 Å². The number of benzene rings is 1. The number of aliphatic hydroxyl groups is 1. The standard InChI is InChI=1S/C11H15NO4S/c1-17(15,16)10-4-2-9(3-5-10)8-12-11(14)6-7-13/h2-5,13H,6-8H2,1H3,(H,12,14). The highest BCUT2D eigenvalue weighted by Crippen LogP contribution is 2.10. The molecule has 2 N–H and O–H groups in total. The zero-order valence-corrected chi connectivity index (χ0v) is 10.3. The number of nitrogens with one attached hydrogen (secondary N) is 1. The third-order valence-corrected chi connectivity index (χ3v) is 3.31. The Bertz CT molecular complexity index is 479. The van der Waals surface area contributed by atoms with Crippen molar-refractivity contribution in [2.75, 3.05) is 12.9 Å². The molecule has 1 amide bonds. The van der Waals surface area contributed by atoms with E-state index >= 15 is 0 Å². The molecule has 6 heteroatoms. The third-order valence-electron chi connectivity index (χ3n) is 2.18. The van der Waals surface area contributed by atoms with Crippen LogP contribution in [0.15, 0.2) is 29.2 Å². The van der Waals surface area contributed by atoms with Crippen LogP contribution in [0.1, 0.15) is 12.0 Å². The maximum absolute atomic E-state index is 11.2. The van der Waals surface area contributed by atoms with E-state index in [9.17, 15) is 13.2 Å². The van der Waals surface area contributed by atoms with Crippen molar-refractivity contribution in [2.45, 2.75) is 17.9 Å². The fourth-order valence-corrected chi connectivity index (χ4v) is 1.88. The van der Waals surface area contributed by atoms with Gasteiger partial charge >= 0.3 is 0 Å². The molecule has 17 heavy (non-hydrogen) atoms. The van der Waals surface area contributed by atoms with E-state index in [1.807, 2.05) is 0 Å². The molecule has 0 atom stereocenters. The van der Waals surface area contributed by atoms with Crippen molar-refractivity contribution in [3.63, 3.8) is 0 Å². The Hall–Kier alpha value is -1.40. The zero-order chi connectivity index (χ0) is 12.9. The summed E-state index contributed by atoms with van der Waals surface area (Å²) < 4.78 is 22.4. The number of carbonyl (C=O) groups excluding carboxylic acids is 1. The quantitative estimate of drug-likeness (QED) is 0.783. The monoisotopic (exact) mass is 257 g/mol. The molecule has 0 fully saturated rings. The summed E-state index contributed by atoms with van der Waals surface area (Å²) in [6.45, 7) is 0.141. The van der Waals surface area contributed by atoms with E-state index in [1.165, 1.54) is 12.1 Å². The molecule has 0 aliphatic carbocycles. The average molecular weight is 257 g/mol. The Kier molecular flexibility index (Phi) is 4.65. The van der Waals surface area contributed by atoms with Crippen LogP contribution < -0.4 is 5.32 Å². The fourth-order valence-electron chi connectivity index (χ4n) is 1.25. The van der Waals surface area contributed by atoms with Gasteiger partial charge in [-0.15, -0.1) is 0 Å². The van der Waals surface area contributed by atoms with Gasteiger partial charge in [0.2, 0.25) is 5.91 Å². The molecule has 1 aromatic carbocycles. The predicted octanol–water partition coefficient (Wildman–Crippen LogP) is 0.0887. The van der Waals surface area contributed by atoms with Crippen molar-refractivity contribution in [3.05, 3.63) is 29.8 Å². The predicted molar refractivity (Wildman–Crippen MR) is 63.1 cm³/mol. The number of rotatable bonds is 5. The van der Waals surface area contributed by atoms with E-state index in [1.54, 1.807) is 12.1 Å². The summed E-state index contributed by atoms with van der Waals surface area (Å²) in [7, 11) is -3.18. The van der Waals surface area contributed by atoms with Gasteiger partial charge < -0.3 is 10.4 Å². The van der Waals surface area contributed by atoms with Gasteiger partial charge in [-0.1, -0.05) is 12.1 Å². The first-order chi connectivity index (χ1) is 7.93. The van der Waals surface area contributed by atoms with E-state index < -0.39 is 9.84 Å². The lowest BCUT2D eigenvalue weighted by Crippen LogP contribution is -2.23. The summed E-state index contributed by atoms with van der Waals surface area (Å²) in [4.78, 5) is 11.3. The van der Waals surface area contributed by atoms with Crippen molar-refractivity contribution < 1.29 is 18.3 Å². The summed E-state index contributed by atoms with van der Waals surface area (Å²) in [5, 5.41) is 11.1. The molecule has 0 radical (unpaired) electrons. The molecular weight excluding hydrogens is 242 g/mol. The van der Waals surface area contributed by atoms with Crippen molar-refractivity contribution in [1.82, 2.24) is 5.32 Å². The smallest absolute Gasteiger partial charge is 0.222 e. The number of sulfone groups is 1. The number of carbonyl (C=O) groups is 1. The van der Waals surface area contributed by atoms with E-state index in [2.05, 4.69) is 5.32 Å². The second-order valence-corrected chi connectivity index (χ2v) is 5.68. The minimum atomic E-state index is -3.18. The number of hydrogen-bond donors (Lipinski definition) is 2. The molecule has 0 aliphatic heterocycles. The topological polar surface area (TPSA) is 83.5 Å². The third kappa shape index (κ3) is 4.54. The lowest BCUT2D eigenvalue weighted by molar-refractivity contribution is -0.121. The molecule has 0 aliphatic rings. The molecule has 1 aromatic rings. The summed E-state index contributed by atoms with van der Waals surface area (Å²) in [6.07, 6.45) is 1.21. The van der Waals surface area contributed by atoms with Crippen LogP contribution in [0.5, 0.6) is 0 Å². The second-order valence-electron chi connectivity index (χ2n) is 3.67. The van der Waals surface area contributed by atoms with Crippen LogP contribution in [0, 0.1) is 0 Å². The van der Waals surface area contributed by atoms with Crippen LogP contribution >= 0.6 is 0 Å². The summed E-state index contributed by atoms with van der Waals surface area (Å²) in [5.74, 6) is -0.236. The summed E-state index contributed by atoms with van der Waals surface area (Å²) in [6, 6.07) is 6.30. The highest BCUT2D eigenvalue weighted by molar-refractivity contribution is 7.90. The van der Waals surface area contributed by atoms with Crippen molar-refractivity contribution in [2.24, 2.45) is 0 Å². The molecule has 94 valence electrons. The molecule has 0 saturated carbocycles. The van der Waals surface area contributed by atoms with E-state index in [0.29, 0.717) is 6.54 Å². The molecule has 0 aromatic heterocycles. The van der Waals surface area contributed by atoms with Crippen LogP contribution in [0.4, 0.5) is 0 Å². The highest BCUT2D eigenvalue weighted by Gasteiger charge is 2.06. The van der Waals surface area contributed by atoms with Gasteiger partial charge in [0.15, 0.2) is 9.84 Å². The summed E-state index contributed by atoms with van der Waals surface area (Å²) in [5.41, 5.74) is 0.809. The largest absolute Gasteiger partial charge is 0.396 e. The first kappa shape index (κ1) is 13.7. The van der Waals surface area contributed by atoms with Gasteiger partial charge in [0.05, 0.1) is 11.5 Å². The Morgan fingerprint density at radius 1 is 1.29 bits per heavy atom. The maximum Gasteiger partial charge on any atom is 0.222 e. The van der Waals surface area contributed by atoms with E-state index in [0.717, 1.165) is 11.8 Å². The summed E-state index contributed by atoms with van der Waals surface area (Å²) >= 11 is 0. The average Bonchev–Trinajstić information content (AvgIpc) is 2.26. The molecule has 5 nitrogen and oxygen atoms in total. The van der Waals surface area contributed by atoms with Gasteiger partial charge in [0.1, 0.15) is 0 Å². The fraction of sp³-hybridized carbons (Fsp3) is 0.364. The minimum Gasteiger partial charge on any atom is -0.396 e.